The lowest BCUT2D eigenvalue weighted by atomic mass is 9.99. The van der Waals surface area contributed by atoms with Crippen LogP contribution in [-0.2, 0) is 9.47 Å². The Hall–Kier alpha value is -2.64. The predicted molar refractivity (Wildman–Crippen MR) is 102 cm³/mol. The van der Waals surface area contributed by atoms with Gasteiger partial charge in [-0.15, -0.1) is 0 Å². The number of ether oxygens (including phenoxy) is 2. The van der Waals surface area contributed by atoms with Crippen molar-refractivity contribution in [3.8, 4) is 0 Å². The summed E-state index contributed by atoms with van der Waals surface area (Å²) in [6.07, 6.45) is 3.97. The molecule has 7 nitrogen and oxygen atoms in total. The first-order chi connectivity index (χ1) is 13.6. The topological polar surface area (TPSA) is 81.0 Å². The Labute approximate surface area is 163 Å². The van der Waals surface area contributed by atoms with E-state index in [9.17, 15) is 9.59 Å². The molecule has 2 aromatic rings. The zero-order valence-corrected chi connectivity index (χ0v) is 15.8. The second-order valence-corrected chi connectivity index (χ2v) is 7.13. The van der Waals surface area contributed by atoms with E-state index in [0.29, 0.717) is 31.0 Å². The van der Waals surface area contributed by atoms with E-state index < -0.39 is 0 Å². The molecule has 4 rings (SSSR count). The van der Waals surface area contributed by atoms with Gasteiger partial charge in [-0.3, -0.25) is 9.59 Å². The van der Waals surface area contributed by atoms with Crippen molar-refractivity contribution in [2.24, 2.45) is 0 Å². The largest absolute Gasteiger partial charge is 0.459 e. The number of carbonyl (C=O) groups excluding carboxylic acids is 2. The second-order valence-electron chi connectivity index (χ2n) is 7.13. The number of anilines is 1. The highest BCUT2D eigenvalue weighted by molar-refractivity contribution is 6.04. The van der Waals surface area contributed by atoms with Gasteiger partial charge in [0.2, 0.25) is 0 Å². The quantitative estimate of drug-likeness (QED) is 0.875. The van der Waals surface area contributed by atoms with Crippen LogP contribution < -0.4 is 5.32 Å². The van der Waals surface area contributed by atoms with Gasteiger partial charge >= 0.3 is 0 Å². The van der Waals surface area contributed by atoms with Crippen molar-refractivity contribution in [3.63, 3.8) is 0 Å². The third-order valence-corrected chi connectivity index (χ3v) is 5.25. The summed E-state index contributed by atoms with van der Waals surface area (Å²) in [4.78, 5) is 27.4. The Balaban J connectivity index is 1.54. The molecule has 2 amide bonds. The fourth-order valence-corrected chi connectivity index (χ4v) is 3.74. The van der Waals surface area contributed by atoms with Gasteiger partial charge in [0, 0.05) is 17.8 Å². The first-order valence-corrected chi connectivity index (χ1v) is 9.63. The summed E-state index contributed by atoms with van der Waals surface area (Å²) in [6, 6.07) is 8.53. The Morgan fingerprint density at radius 3 is 2.71 bits per heavy atom. The SMILES string of the molecule is Cc1ccc(C(=O)N2CCCCC2C2OCCO2)cc1NC(=O)c1ccco1. The molecule has 28 heavy (non-hydrogen) atoms. The number of furan rings is 1. The number of amides is 2. The van der Waals surface area contributed by atoms with Crippen molar-refractivity contribution in [2.75, 3.05) is 25.1 Å². The summed E-state index contributed by atoms with van der Waals surface area (Å²) < 4.78 is 16.5. The summed E-state index contributed by atoms with van der Waals surface area (Å²) in [5.74, 6) is -0.193. The molecule has 0 spiro atoms. The summed E-state index contributed by atoms with van der Waals surface area (Å²) in [5.41, 5.74) is 1.99. The average Bonchev–Trinajstić information content (AvgIpc) is 3.43. The molecule has 1 N–H and O–H groups in total. The molecule has 2 aliphatic rings. The van der Waals surface area contributed by atoms with Gasteiger partial charge in [0.15, 0.2) is 12.1 Å². The zero-order chi connectivity index (χ0) is 19.5. The molecule has 2 fully saturated rings. The van der Waals surface area contributed by atoms with Crippen molar-refractivity contribution in [3.05, 3.63) is 53.5 Å². The Bertz CT molecular complexity index is 842. The molecule has 1 aromatic heterocycles. The monoisotopic (exact) mass is 384 g/mol. The van der Waals surface area contributed by atoms with Crippen LogP contribution in [0.25, 0.3) is 0 Å². The zero-order valence-electron chi connectivity index (χ0n) is 15.8. The van der Waals surface area contributed by atoms with Gasteiger partial charge in [-0.1, -0.05) is 6.07 Å². The number of likely N-dealkylation sites (tertiary alicyclic amines) is 1. The van der Waals surface area contributed by atoms with Gasteiger partial charge < -0.3 is 24.1 Å². The maximum Gasteiger partial charge on any atom is 0.291 e. The van der Waals surface area contributed by atoms with Crippen molar-refractivity contribution < 1.29 is 23.5 Å². The third kappa shape index (κ3) is 3.81. The lowest BCUT2D eigenvalue weighted by Crippen LogP contribution is -2.50. The van der Waals surface area contributed by atoms with Gasteiger partial charge in [-0.25, -0.2) is 0 Å². The third-order valence-electron chi connectivity index (χ3n) is 5.25. The van der Waals surface area contributed by atoms with E-state index in [1.165, 1.54) is 6.26 Å². The Morgan fingerprint density at radius 2 is 1.96 bits per heavy atom. The number of rotatable bonds is 4. The highest BCUT2D eigenvalue weighted by atomic mass is 16.7. The van der Waals surface area contributed by atoms with E-state index >= 15 is 0 Å². The summed E-state index contributed by atoms with van der Waals surface area (Å²) in [7, 11) is 0. The lowest BCUT2D eigenvalue weighted by molar-refractivity contribution is -0.100. The molecular weight excluding hydrogens is 360 g/mol. The van der Waals surface area contributed by atoms with Crippen LogP contribution in [0.3, 0.4) is 0 Å². The predicted octanol–water partition coefficient (Wildman–Crippen LogP) is 3.21. The Kier molecular flexibility index (Phi) is 5.45. The van der Waals surface area contributed by atoms with Crippen LogP contribution in [-0.4, -0.2) is 48.8 Å². The number of nitrogens with zero attached hydrogens (tertiary/aromatic N) is 1. The van der Waals surface area contributed by atoms with E-state index in [1.54, 1.807) is 24.3 Å². The van der Waals surface area contributed by atoms with Crippen LogP contribution in [0.15, 0.2) is 41.0 Å². The maximum absolute atomic E-state index is 13.2. The van der Waals surface area contributed by atoms with Gasteiger partial charge in [0.25, 0.3) is 11.8 Å². The first-order valence-electron chi connectivity index (χ1n) is 9.63. The number of nitrogens with one attached hydrogen (secondary N) is 1. The van der Waals surface area contributed by atoms with Crippen LogP contribution in [0.5, 0.6) is 0 Å². The minimum Gasteiger partial charge on any atom is -0.459 e. The molecule has 1 aromatic carbocycles. The molecule has 0 radical (unpaired) electrons. The van der Waals surface area contributed by atoms with E-state index in [1.807, 2.05) is 17.9 Å². The highest BCUT2D eigenvalue weighted by Crippen LogP contribution is 2.27. The molecule has 1 atom stereocenters. The van der Waals surface area contributed by atoms with Crippen molar-refractivity contribution in [2.45, 2.75) is 38.5 Å². The second kappa shape index (κ2) is 8.16. The van der Waals surface area contributed by atoms with E-state index in [-0.39, 0.29) is 29.9 Å². The average molecular weight is 384 g/mol. The van der Waals surface area contributed by atoms with Crippen LogP contribution in [0.4, 0.5) is 5.69 Å². The highest BCUT2D eigenvalue weighted by Gasteiger charge is 2.36. The summed E-state index contributed by atoms with van der Waals surface area (Å²) in [5, 5.41) is 2.82. The number of aryl methyl sites for hydroxylation is 1. The molecule has 148 valence electrons. The molecular formula is C21H24N2O5. The number of hydrogen-bond donors (Lipinski definition) is 1. The van der Waals surface area contributed by atoms with Gasteiger partial charge in [0.1, 0.15) is 0 Å². The van der Waals surface area contributed by atoms with Crippen LogP contribution >= 0.6 is 0 Å². The summed E-state index contributed by atoms with van der Waals surface area (Å²) >= 11 is 0. The van der Waals surface area contributed by atoms with Gasteiger partial charge in [0.05, 0.1) is 25.5 Å². The molecule has 3 heterocycles. The Morgan fingerprint density at radius 1 is 1.14 bits per heavy atom. The molecule has 0 saturated carbocycles. The van der Waals surface area contributed by atoms with Crippen molar-refractivity contribution in [1.82, 2.24) is 4.90 Å². The molecule has 1 unspecified atom stereocenters. The minimum atomic E-state index is -0.354. The standard InChI is InChI=1S/C21H24N2O5/c1-14-7-8-15(13-16(14)22-19(24)18-6-4-10-26-18)20(25)23-9-3-2-5-17(23)21-27-11-12-28-21/h4,6-8,10,13,17,21H,2-3,5,9,11-12H2,1H3,(H,22,24). The fourth-order valence-electron chi connectivity index (χ4n) is 3.74. The van der Waals surface area contributed by atoms with Gasteiger partial charge in [-0.05, 0) is 56.0 Å². The van der Waals surface area contributed by atoms with Crippen molar-refractivity contribution in [1.29, 1.82) is 0 Å². The van der Waals surface area contributed by atoms with Crippen LogP contribution in [0.1, 0.15) is 45.7 Å². The first kappa shape index (κ1) is 18.7. The van der Waals surface area contributed by atoms with E-state index in [0.717, 1.165) is 24.8 Å². The maximum atomic E-state index is 13.2. The van der Waals surface area contributed by atoms with Crippen LogP contribution in [0, 0.1) is 6.92 Å². The molecule has 2 aliphatic heterocycles. The molecule has 0 aliphatic carbocycles. The number of benzene rings is 1. The van der Waals surface area contributed by atoms with E-state index in [4.69, 9.17) is 13.9 Å². The molecule has 2 saturated heterocycles. The smallest absolute Gasteiger partial charge is 0.291 e. The van der Waals surface area contributed by atoms with Crippen LogP contribution in [0.2, 0.25) is 0 Å². The molecule has 0 bridgehead atoms. The molecule has 7 heteroatoms. The minimum absolute atomic E-state index is 0.0719. The number of piperidine rings is 1. The number of hydrogen-bond acceptors (Lipinski definition) is 5. The summed E-state index contributed by atoms with van der Waals surface area (Å²) in [6.45, 7) is 3.69. The normalized spacial score (nSPS) is 20.3. The lowest BCUT2D eigenvalue weighted by Gasteiger charge is -2.38. The fraction of sp³-hybridized carbons (Fsp3) is 0.429. The number of carbonyl (C=O) groups is 2. The van der Waals surface area contributed by atoms with Gasteiger partial charge in [-0.2, -0.15) is 0 Å². The van der Waals surface area contributed by atoms with E-state index in [2.05, 4.69) is 5.32 Å². The van der Waals surface area contributed by atoms with Crippen molar-refractivity contribution >= 4 is 17.5 Å².